The molecule has 0 aromatic heterocycles. The van der Waals surface area contributed by atoms with Gasteiger partial charge in [0.05, 0.1) is 11.3 Å². The van der Waals surface area contributed by atoms with Crippen LogP contribution in [0, 0.1) is 24.2 Å². The average molecular weight is 272 g/mol. The predicted octanol–water partition coefficient (Wildman–Crippen LogP) is 2.54. The third-order valence-corrected chi connectivity index (χ3v) is 2.57. The number of anilines is 1. The Morgan fingerprint density at radius 3 is 2.63 bits per heavy atom. The van der Waals surface area contributed by atoms with Gasteiger partial charge in [-0.05, 0) is 18.6 Å². The van der Waals surface area contributed by atoms with Gasteiger partial charge >= 0.3 is 12.1 Å². The van der Waals surface area contributed by atoms with Crippen LogP contribution in [0.5, 0.6) is 0 Å². The van der Waals surface area contributed by atoms with E-state index in [1.165, 1.54) is 6.07 Å². The first-order valence-electron chi connectivity index (χ1n) is 5.30. The normalized spacial score (nSPS) is 12.6. The minimum atomic E-state index is -4.84. The third kappa shape index (κ3) is 3.61. The van der Waals surface area contributed by atoms with Gasteiger partial charge in [0.15, 0.2) is 5.92 Å². The molecule has 0 bridgehead atoms. The molecule has 0 aliphatic rings. The van der Waals surface area contributed by atoms with Gasteiger partial charge in [-0.25, -0.2) is 0 Å². The van der Waals surface area contributed by atoms with Gasteiger partial charge in [0.2, 0.25) is 0 Å². The fourth-order valence-corrected chi connectivity index (χ4v) is 1.52. The number of aliphatic carboxylic acids is 1. The highest BCUT2D eigenvalue weighted by Gasteiger charge is 2.44. The molecule has 1 atom stereocenters. The highest BCUT2D eigenvalue weighted by atomic mass is 19.4. The molecule has 1 rings (SSSR count). The first-order chi connectivity index (χ1) is 8.77. The second kappa shape index (κ2) is 5.61. The number of carboxylic acids is 1. The number of nitrogens with one attached hydrogen (secondary N) is 1. The van der Waals surface area contributed by atoms with Crippen molar-refractivity contribution in [3.05, 3.63) is 29.3 Å². The topological polar surface area (TPSA) is 73.1 Å². The van der Waals surface area contributed by atoms with E-state index in [9.17, 15) is 18.0 Å². The van der Waals surface area contributed by atoms with Gasteiger partial charge in [0.1, 0.15) is 6.07 Å². The maximum absolute atomic E-state index is 12.4. The second-order valence-electron chi connectivity index (χ2n) is 3.92. The number of alkyl halides is 3. The summed E-state index contributed by atoms with van der Waals surface area (Å²) in [5, 5.41) is 19.8. The summed E-state index contributed by atoms with van der Waals surface area (Å²) in [5.41, 5.74) is 0.998. The Balaban J connectivity index is 2.90. The number of benzene rings is 1. The van der Waals surface area contributed by atoms with Gasteiger partial charge in [-0.15, -0.1) is 0 Å². The molecule has 1 unspecified atom stereocenters. The Morgan fingerprint density at radius 2 is 2.16 bits per heavy atom. The molecule has 0 aliphatic heterocycles. The summed E-state index contributed by atoms with van der Waals surface area (Å²) in [6.45, 7) is 0.819. The third-order valence-electron chi connectivity index (χ3n) is 2.57. The SMILES string of the molecule is Cc1cccc(NCC(C(=O)O)C(F)(F)F)c1C#N. The fraction of sp³-hybridized carbons (Fsp3) is 0.333. The molecule has 102 valence electrons. The average Bonchev–Trinajstić information content (AvgIpc) is 2.27. The van der Waals surface area contributed by atoms with Gasteiger partial charge in [-0.1, -0.05) is 12.1 Å². The molecular weight excluding hydrogens is 261 g/mol. The zero-order valence-corrected chi connectivity index (χ0v) is 9.95. The zero-order valence-electron chi connectivity index (χ0n) is 9.95. The van der Waals surface area contributed by atoms with Gasteiger partial charge < -0.3 is 10.4 Å². The number of hydrogen-bond donors (Lipinski definition) is 2. The summed E-state index contributed by atoms with van der Waals surface area (Å²) in [4.78, 5) is 10.6. The number of hydrogen-bond acceptors (Lipinski definition) is 3. The standard InChI is InChI=1S/C12H11F3N2O2/c1-7-3-2-4-10(8(7)5-16)17-6-9(11(18)19)12(13,14)15/h2-4,9,17H,6H2,1H3,(H,18,19). The molecular formula is C12H11F3N2O2. The summed E-state index contributed by atoms with van der Waals surface area (Å²) < 4.78 is 37.3. The second-order valence-corrected chi connectivity index (χ2v) is 3.92. The lowest BCUT2D eigenvalue weighted by Gasteiger charge is -2.18. The summed E-state index contributed by atoms with van der Waals surface area (Å²) in [6, 6.07) is 6.51. The van der Waals surface area contributed by atoms with E-state index in [0.29, 0.717) is 5.56 Å². The number of aryl methyl sites for hydroxylation is 1. The van der Waals surface area contributed by atoms with Crippen LogP contribution >= 0.6 is 0 Å². The van der Waals surface area contributed by atoms with Crippen molar-refractivity contribution >= 4 is 11.7 Å². The van der Waals surface area contributed by atoms with Crippen molar-refractivity contribution < 1.29 is 23.1 Å². The van der Waals surface area contributed by atoms with Crippen LogP contribution in [-0.4, -0.2) is 23.8 Å². The molecule has 0 heterocycles. The van der Waals surface area contributed by atoms with Crippen molar-refractivity contribution in [3.63, 3.8) is 0 Å². The number of halogens is 3. The first kappa shape index (κ1) is 14.8. The maximum atomic E-state index is 12.4. The highest BCUT2D eigenvalue weighted by molar-refractivity contribution is 5.72. The van der Waals surface area contributed by atoms with Crippen LogP contribution < -0.4 is 5.32 Å². The van der Waals surface area contributed by atoms with E-state index < -0.39 is 24.6 Å². The first-order valence-corrected chi connectivity index (χ1v) is 5.30. The van der Waals surface area contributed by atoms with Crippen LogP contribution in [0.25, 0.3) is 0 Å². The van der Waals surface area contributed by atoms with Crippen molar-refractivity contribution in [2.75, 3.05) is 11.9 Å². The van der Waals surface area contributed by atoms with Crippen LogP contribution in [0.2, 0.25) is 0 Å². The van der Waals surface area contributed by atoms with Crippen LogP contribution in [0.15, 0.2) is 18.2 Å². The van der Waals surface area contributed by atoms with Crippen molar-refractivity contribution in [3.8, 4) is 6.07 Å². The van der Waals surface area contributed by atoms with E-state index in [1.54, 1.807) is 19.1 Å². The molecule has 4 nitrogen and oxygen atoms in total. The van der Waals surface area contributed by atoms with Crippen molar-refractivity contribution in [1.82, 2.24) is 0 Å². The van der Waals surface area contributed by atoms with Gasteiger partial charge in [0.25, 0.3) is 0 Å². The van der Waals surface area contributed by atoms with Crippen molar-refractivity contribution in [2.45, 2.75) is 13.1 Å². The van der Waals surface area contributed by atoms with Crippen LogP contribution in [0.4, 0.5) is 18.9 Å². The number of carbonyl (C=O) groups is 1. The molecule has 7 heteroatoms. The Morgan fingerprint density at radius 1 is 1.53 bits per heavy atom. The van der Waals surface area contributed by atoms with Gasteiger partial charge in [-0.2, -0.15) is 18.4 Å². The molecule has 0 radical (unpaired) electrons. The summed E-state index contributed by atoms with van der Waals surface area (Å²) in [5.74, 6) is -4.47. The molecule has 0 saturated heterocycles. The molecule has 1 aromatic rings. The maximum Gasteiger partial charge on any atom is 0.403 e. The quantitative estimate of drug-likeness (QED) is 0.883. The molecule has 19 heavy (non-hydrogen) atoms. The van der Waals surface area contributed by atoms with E-state index in [2.05, 4.69) is 5.32 Å². The molecule has 0 amide bonds. The molecule has 2 N–H and O–H groups in total. The smallest absolute Gasteiger partial charge is 0.403 e. The number of nitrogens with zero attached hydrogens (tertiary/aromatic N) is 1. The lowest BCUT2D eigenvalue weighted by Crippen LogP contribution is -2.36. The van der Waals surface area contributed by atoms with Crippen LogP contribution in [-0.2, 0) is 4.79 Å². The van der Waals surface area contributed by atoms with Gasteiger partial charge in [0, 0.05) is 6.54 Å². The lowest BCUT2D eigenvalue weighted by molar-refractivity contribution is -0.190. The van der Waals surface area contributed by atoms with E-state index >= 15 is 0 Å². The largest absolute Gasteiger partial charge is 0.481 e. The Kier molecular flexibility index (Phi) is 4.38. The fourth-order valence-electron chi connectivity index (χ4n) is 1.52. The molecule has 0 fully saturated rings. The molecule has 0 saturated carbocycles. The van der Waals surface area contributed by atoms with Crippen molar-refractivity contribution in [2.24, 2.45) is 5.92 Å². The summed E-state index contributed by atoms with van der Waals surface area (Å²) in [7, 11) is 0. The van der Waals surface area contributed by atoms with Crippen LogP contribution in [0.3, 0.4) is 0 Å². The Bertz CT molecular complexity index is 521. The minimum Gasteiger partial charge on any atom is -0.481 e. The highest BCUT2D eigenvalue weighted by Crippen LogP contribution is 2.27. The zero-order chi connectivity index (χ0) is 14.6. The van der Waals surface area contributed by atoms with E-state index in [-0.39, 0.29) is 11.3 Å². The van der Waals surface area contributed by atoms with E-state index in [4.69, 9.17) is 10.4 Å². The molecule has 0 aliphatic carbocycles. The van der Waals surface area contributed by atoms with E-state index in [0.717, 1.165) is 0 Å². The number of carboxylic acid groups (broad SMARTS) is 1. The van der Waals surface area contributed by atoms with Gasteiger partial charge in [-0.3, -0.25) is 4.79 Å². The molecule has 1 aromatic carbocycles. The van der Waals surface area contributed by atoms with Crippen molar-refractivity contribution in [1.29, 1.82) is 5.26 Å². The minimum absolute atomic E-state index is 0.193. The lowest BCUT2D eigenvalue weighted by atomic mass is 10.1. The van der Waals surface area contributed by atoms with Crippen LogP contribution in [0.1, 0.15) is 11.1 Å². The molecule has 0 spiro atoms. The Labute approximate surface area is 107 Å². The number of rotatable bonds is 4. The summed E-state index contributed by atoms with van der Waals surface area (Å²) in [6.07, 6.45) is -4.84. The predicted molar refractivity (Wildman–Crippen MR) is 61.6 cm³/mol. The number of nitriles is 1. The van der Waals surface area contributed by atoms with E-state index in [1.807, 2.05) is 6.07 Å². The summed E-state index contributed by atoms with van der Waals surface area (Å²) >= 11 is 0. The monoisotopic (exact) mass is 272 g/mol. The Hall–Kier alpha value is -2.23.